The van der Waals surface area contributed by atoms with E-state index in [1.165, 1.54) is 53.8 Å². The van der Waals surface area contributed by atoms with E-state index in [9.17, 15) is 20.2 Å². The summed E-state index contributed by atoms with van der Waals surface area (Å²) in [4.78, 5) is 23.9. The second-order valence-electron chi connectivity index (χ2n) is 6.40. The van der Waals surface area contributed by atoms with Gasteiger partial charge in [0.1, 0.15) is 16.5 Å². The summed E-state index contributed by atoms with van der Waals surface area (Å²) in [5.41, 5.74) is 1.46. The van der Waals surface area contributed by atoms with Crippen molar-refractivity contribution in [3.05, 3.63) is 50.4 Å². The van der Waals surface area contributed by atoms with Crippen molar-refractivity contribution in [1.82, 2.24) is 0 Å². The molecule has 1 aliphatic carbocycles. The Labute approximate surface area is 165 Å². The summed E-state index contributed by atoms with van der Waals surface area (Å²) in [5.74, 6) is -0.218. The van der Waals surface area contributed by atoms with Crippen molar-refractivity contribution in [3.63, 3.8) is 0 Å². The van der Waals surface area contributed by atoms with Gasteiger partial charge in [0.15, 0.2) is 0 Å². The van der Waals surface area contributed by atoms with Gasteiger partial charge in [0.2, 0.25) is 5.78 Å². The number of non-ortho nitro benzene ring substituents is 1. The van der Waals surface area contributed by atoms with Crippen LogP contribution >= 0.6 is 23.1 Å². The third-order valence-corrected chi connectivity index (χ3v) is 6.98. The largest absolute Gasteiger partial charge is 0.380 e. The van der Waals surface area contributed by atoms with Gasteiger partial charge in [-0.05, 0) is 31.2 Å². The van der Waals surface area contributed by atoms with Crippen LogP contribution in [0.2, 0.25) is 0 Å². The molecule has 1 aromatic carbocycles. The first-order valence-electron chi connectivity index (χ1n) is 8.71. The fraction of sp³-hybridized carbons (Fsp3) is 0.368. The number of nitriles is 1. The molecule has 6 nitrogen and oxygen atoms in total. The minimum atomic E-state index is -0.491. The number of nitrogens with zero attached hydrogens (tertiary/aromatic N) is 2. The maximum Gasteiger partial charge on any atom is 0.269 e. The maximum atomic E-state index is 13.1. The number of nitro groups is 1. The number of thioether (sulfide) groups is 1. The molecule has 1 saturated carbocycles. The van der Waals surface area contributed by atoms with Crippen molar-refractivity contribution in [2.45, 2.75) is 42.4 Å². The Morgan fingerprint density at radius 2 is 1.96 bits per heavy atom. The van der Waals surface area contributed by atoms with Gasteiger partial charge in [0.05, 0.1) is 14.8 Å². The van der Waals surface area contributed by atoms with Gasteiger partial charge in [-0.3, -0.25) is 14.9 Å². The molecule has 0 saturated heterocycles. The van der Waals surface area contributed by atoms with E-state index >= 15 is 0 Å². The molecule has 1 heterocycles. The Hall–Kier alpha value is -2.37. The minimum absolute atomic E-state index is 0.0548. The average Bonchev–Trinajstić information content (AvgIpc) is 3.05. The highest BCUT2D eigenvalue weighted by molar-refractivity contribution is 8.00. The molecule has 140 valence electrons. The van der Waals surface area contributed by atoms with E-state index < -0.39 is 4.92 Å². The van der Waals surface area contributed by atoms with E-state index in [0.717, 1.165) is 29.9 Å². The Morgan fingerprint density at radius 3 is 2.52 bits per heavy atom. The number of ketones is 1. The highest BCUT2D eigenvalue weighted by atomic mass is 32.2. The summed E-state index contributed by atoms with van der Waals surface area (Å²) >= 11 is 2.76. The van der Waals surface area contributed by atoms with Gasteiger partial charge in [-0.1, -0.05) is 19.3 Å². The molecule has 1 aliphatic rings. The van der Waals surface area contributed by atoms with Crippen molar-refractivity contribution in [2.24, 2.45) is 0 Å². The lowest BCUT2D eigenvalue weighted by Gasteiger charge is -2.24. The van der Waals surface area contributed by atoms with Crippen LogP contribution in [0.25, 0.3) is 0 Å². The molecule has 1 aromatic heterocycles. The van der Waals surface area contributed by atoms with Gasteiger partial charge in [0.25, 0.3) is 5.69 Å². The topological polar surface area (TPSA) is 96.0 Å². The molecule has 8 heteroatoms. The first-order chi connectivity index (χ1) is 13.0. The molecule has 27 heavy (non-hydrogen) atoms. The first-order valence-corrected chi connectivity index (χ1v) is 10.8. The molecule has 0 amide bonds. The lowest BCUT2D eigenvalue weighted by molar-refractivity contribution is -0.384. The summed E-state index contributed by atoms with van der Waals surface area (Å²) in [6.45, 7) is 0. The van der Waals surface area contributed by atoms with Gasteiger partial charge in [-0.15, -0.1) is 23.1 Å². The molecular weight excluding hydrogens is 382 g/mol. The fourth-order valence-corrected chi connectivity index (χ4v) is 5.11. The number of thiophene rings is 1. The van der Waals surface area contributed by atoms with E-state index in [1.54, 1.807) is 0 Å². The van der Waals surface area contributed by atoms with Crippen molar-refractivity contribution in [3.8, 4) is 6.07 Å². The fourth-order valence-electron chi connectivity index (χ4n) is 3.27. The van der Waals surface area contributed by atoms with E-state index in [0.29, 0.717) is 21.7 Å². The molecule has 1 N–H and O–H groups in total. The quantitative estimate of drug-likeness (QED) is 0.308. The number of anilines is 1. The summed E-state index contributed by atoms with van der Waals surface area (Å²) in [7, 11) is 0. The van der Waals surface area contributed by atoms with Crippen LogP contribution in [0.1, 0.15) is 52.9 Å². The number of benzene rings is 1. The molecule has 0 aliphatic heterocycles. The van der Waals surface area contributed by atoms with Crippen molar-refractivity contribution < 1.29 is 9.72 Å². The number of nitro benzene ring substituents is 1. The van der Waals surface area contributed by atoms with Gasteiger partial charge in [0, 0.05) is 23.7 Å². The Morgan fingerprint density at radius 1 is 1.30 bits per heavy atom. The van der Waals surface area contributed by atoms with E-state index in [4.69, 9.17) is 0 Å². The third kappa shape index (κ3) is 4.15. The standard InChI is InChI=1S/C19H19N3O3S2/c1-26-19-15(11-20)16(21-13-5-3-2-4-6-13)18(27-19)17(23)12-7-9-14(10-8-12)22(24)25/h7-10,13,21H,2-6H2,1H3. The van der Waals surface area contributed by atoms with Crippen LogP contribution in [0, 0.1) is 21.4 Å². The lowest BCUT2D eigenvalue weighted by Crippen LogP contribution is -2.23. The molecule has 2 aromatic rings. The van der Waals surface area contributed by atoms with Crippen LogP contribution in [0.5, 0.6) is 0 Å². The Balaban J connectivity index is 1.97. The second-order valence-corrected chi connectivity index (χ2v) is 8.49. The summed E-state index contributed by atoms with van der Waals surface area (Å²) < 4.78 is 0.807. The zero-order valence-electron chi connectivity index (χ0n) is 14.9. The molecule has 0 unspecified atom stereocenters. The zero-order valence-corrected chi connectivity index (χ0v) is 16.5. The van der Waals surface area contributed by atoms with Gasteiger partial charge < -0.3 is 5.32 Å². The molecule has 0 radical (unpaired) electrons. The minimum Gasteiger partial charge on any atom is -0.380 e. The third-order valence-electron chi connectivity index (χ3n) is 4.67. The molecule has 0 bridgehead atoms. The highest BCUT2D eigenvalue weighted by Crippen LogP contribution is 2.41. The molecule has 3 rings (SSSR count). The highest BCUT2D eigenvalue weighted by Gasteiger charge is 2.26. The van der Waals surface area contributed by atoms with E-state index in [-0.39, 0.29) is 17.5 Å². The lowest BCUT2D eigenvalue weighted by atomic mass is 9.95. The number of nitrogens with one attached hydrogen (secondary N) is 1. The van der Waals surface area contributed by atoms with Gasteiger partial charge in [-0.25, -0.2) is 0 Å². The van der Waals surface area contributed by atoms with Crippen LogP contribution < -0.4 is 5.32 Å². The SMILES string of the molecule is CSc1sc(C(=O)c2ccc([N+](=O)[O-])cc2)c(NC2CCCCC2)c1C#N. The number of hydrogen-bond donors (Lipinski definition) is 1. The van der Waals surface area contributed by atoms with Crippen molar-refractivity contribution in [1.29, 1.82) is 5.26 Å². The van der Waals surface area contributed by atoms with Gasteiger partial charge >= 0.3 is 0 Å². The number of rotatable bonds is 6. The average molecular weight is 402 g/mol. The van der Waals surface area contributed by atoms with Gasteiger partial charge in [-0.2, -0.15) is 5.26 Å². The zero-order chi connectivity index (χ0) is 19.4. The van der Waals surface area contributed by atoms with Crippen molar-refractivity contribution >= 4 is 40.3 Å². The van der Waals surface area contributed by atoms with Crippen LogP contribution in [0.4, 0.5) is 11.4 Å². The smallest absolute Gasteiger partial charge is 0.269 e. The molecule has 1 fully saturated rings. The van der Waals surface area contributed by atoms with Crippen molar-refractivity contribution in [2.75, 3.05) is 11.6 Å². The summed E-state index contributed by atoms with van der Waals surface area (Å²) in [6.07, 6.45) is 7.45. The summed E-state index contributed by atoms with van der Waals surface area (Å²) in [6, 6.07) is 8.10. The van der Waals surface area contributed by atoms with E-state index in [2.05, 4.69) is 11.4 Å². The predicted molar refractivity (Wildman–Crippen MR) is 108 cm³/mol. The van der Waals surface area contributed by atoms with E-state index in [1.807, 2.05) is 6.26 Å². The van der Waals surface area contributed by atoms with Crippen LogP contribution in [0.15, 0.2) is 28.5 Å². The summed E-state index contributed by atoms with van der Waals surface area (Å²) in [5, 5.41) is 23.9. The molecule has 0 spiro atoms. The Kier molecular flexibility index (Phi) is 6.14. The molecule has 0 atom stereocenters. The number of hydrogen-bond acceptors (Lipinski definition) is 7. The van der Waals surface area contributed by atoms with Crippen LogP contribution in [-0.2, 0) is 0 Å². The first kappa shape index (κ1) is 19.4. The monoisotopic (exact) mass is 401 g/mol. The number of carbonyl (C=O) groups excluding carboxylic acids is 1. The van der Waals surface area contributed by atoms with Crippen LogP contribution in [-0.4, -0.2) is 23.0 Å². The normalized spacial score (nSPS) is 14.5. The number of carbonyl (C=O) groups is 1. The maximum absolute atomic E-state index is 13.1. The predicted octanol–water partition coefficient (Wildman–Crippen LogP) is 5.23. The second kappa shape index (κ2) is 8.55. The molecular formula is C19H19N3O3S2. The Bertz CT molecular complexity index is 894. The van der Waals surface area contributed by atoms with Crippen LogP contribution in [0.3, 0.4) is 0 Å².